The minimum absolute atomic E-state index is 0.0892. The van der Waals surface area contributed by atoms with Crippen LogP contribution in [-0.2, 0) is 11.3 Å². The largest absolute Gasteiger partial charge is 0.508 e. The van der Waals surface area contributed by atoms with Gasteiger partial charge < -0.3 is 20.3 Å². The molecular weight excluding hydrogens is 218 g/mol. The predicted octanol–water partition coefficient (Wildman–Crippen LogP) is 1.75. The molecule has 0 aliphatic heterocycles. The molecule has 0 saturated heterocycles. The summed E-state index contributed by atoms with van der Waals surface area (Å²) in [5.41, 5.74) is 0.808. The van der Waals surface area contributed by atoms with E-state index >= 15 is 0 Å². The lowest BCUT2D eigenvalue weighted by Crippen LogP contribution is -2.45. The Kier molecular flexibility index (Phi) is 3.86. The van der Waals surface area contributed by atoms with Crippen LogP contribution in [0.4, 0.5) is 0 Å². The standard InChI is InChI=1S/C13H19NO3/c1-2-17-12-5-10(6-12)14-8-9-3-4-11(15)7-13(9)16/h3-4,7,10,12,14-16H,2,5-6,8H2,1H3. The molecule has 0 spiro atoms. The van der Waals surface area contributed by atoms with Crippen LogP contribution in [0, 0.1) is 0 Å². The van der Waals surface area contributed by atoms with Crippen molar-refractivity contribution < 1.29 is 14.9 Å². The summed E-state index contributed by atoms with van der Waals surface area (Å²) in [5, 5.41) is 22.1. The van der Waals surface area contributed by atoms with E-state index < -0.39 is 0 Å². The number of phenols is 2. The molecule has 1 fully saturated rings. The number of rotatable bonds is 5. The van der Waals surface area contributed by atoms with Gasteiger partial charge in [-0.25, -0.2) is 0 Å². The molecule has 1 aromatic carbocycles. The molecule has 0 bridgehead atoms. The molecule has 0 aromatic heterocycles. The van der Waals surface area contributed by atoms with Crippen molar-refractivity contribution in [1.29, 1.82) is 0 Å². The maximum Gasteiger partial charge on any atom is 0.123 e. The summed E-state index contributed by atoms with van der Waals surface area (Å²) < 4.78 is 5.48. The molecule has 0 amide bonds. The number of ether oxygens (including phenoxy) is 1. The Morgan fingerprint density at radius 1 is 1.35 bits per heavy atom. The van der Waals surface area contributed by atoms with Crippen molar-refractivity contribution in [3.05, 3.63) is 23.8 Å². The molecule has 1 saturated carbocycles. The fraction of sp³-hybridized carbons (Fsp3) is 0.538. The molecule has 0 radical (unpaired) electrons. The lowest BCUT2D eigenvalue weighted by molar-refractivity contribution is -0.0102. The molecule has 2 rings (SSSR count). The van der Waals surface area contributed by atoms with Gasteiger partial charge in [-0.2, -0.15) is 0 Å². The lowest BCUT2D eigenvalue weighted by Gasteiger charge is -2.35. The second-order valence-corrected chi connectivity index (χ2v) is 4.44. The summed E-state index contributed by atoms with van der Waals surface area (Å²) >= 11 is 0. The van der Waals surface area contributed by atoms with E-state index in [9.17, 15) is 5.11 Å². The van der Waals surface area contributed by atoms with Gasteiger partial charge >= 0.3 is 0 Å². The third kappa shape index (κ3) is 3.11. The van der Waals surface area contributed by atoms with Crippen molar-refractivity contribution >= 4 is 0 Å². The lowest BCUT2D eigenvalue weighted by atomic mass is 9.89. The highest BCUT2D eigenvalue weighted by Gasteiger charge is 2.28. The van der Waals surface area contributed by atoms with E-state index in [0.29, 0.717) is 18.7 Å². The first-order valence-electron chi connectivity index (χ1n) is 6.05. The van der Waals surface area contributed by atoms with Gasteiger partial charge in [0, 0.05) is 30.8 Å². The molecule has 0 unspecified atom stereocenters. The zero-order valence-corrected chi connectivity index (χ0v) is 10.0. The Hall–Kier alpha value is -1.26. The topological polar surface area (TPSA) is 61.7 Å². The third-order valence-corrected chi connectivity index (χ3v) is 3.15. The quantitative estimate of drug-likeness (QED) is 0.730. The fourth-order valence-electron chi connectivity index (χ4n) is 2.06. The van der Waals surface area contributed by atoms with Gasteiger partial charge in [0.15, 0.2) is 0 Å². The van der Waals surface area contributed by atoms with E-state index in [0.717, 1.165) is 25.0 Å². The summed E-state index contributed by atoms with van der Waals surface area (Å²) in [6, 6.07) is 5.15. The van der Waals surface area contributed by atoms with Crippen molar-refractivity contribution in [2.45, 2.75) is 38.5 Å². The minimum atomic E-state index is 0.0892. The first kappa shape index (κ1) is 12.2. The third-order valence-electron chi connectivity index (χ3n) is 3.15. The summed E-state index contributed by atoms with van der Waals surface area (Å²) in [4.78, 5) is 0. The molecule has 1 aromatic rings. The predicted molar refractivity (Wildman–Crippen MR) is 65.0 cm³/mol. The molecule has 4 heteroatoms. The number of nitrogens with one attached hydrogen (secondary N) is 1. The molecular formula is C13H19NO3. The molecule has 94 valence electrons. The van der Waals surface area contributed by atoms with Crippen LogP contribution in [0.3, 0.4) is 0 Å². The second kappa shape index (κ2) is 5.38. The smallest absolute Gasteiger partial charge is 0.123 e. The highest BCUT2D eigenvalue weighted by Crippen LogP contribution is 2.26. The fourth-order valence-corrected chi connectivity index (χ4v) is 2.06. The average Bonchev–Trinajstić information content (AvgIpc) is 2.23. The van der Waals surface area contributed by atoms with Crippen molar-refractivity contribution in [3.63, 3.8) is 0 Å². The normalized spacial score (nSPS) is 23.4. The Morgan fingerprint density at radius 2 is 2.12 bits per heavy atom. The van der Waals surface area contributed by atoms with E-state index in [1.165, 1.54) is 6.07 Å². The highest BCUT2D eigenvalue weighted by atomic mass is 16.5. The Balaban J connectivity index is 1.76. The van der Waals surface area contributed by atoms with Gasteiger partial charge in [-0.05, 0) is 25.8 Å². The van der Waals surface area contributed by atoms with Crippen LogP contribution < -0.4 is 5.32 Å². The van der Waals surface area contributed by atoms with E-state index in [-0.39, 0.29) is 11.5 Å². The number of hydrogen-bond donors (Lipinski definition) is 3. The minimum Gasteiger partial charge on any atom is -0.508 e. The molecule has 4 nitrogen and oxygen atoms in total. The molecule has 17 heavy (non-hydrogen) atoms. The first-order chi connectivity index (χ1) is 8.19. The Labute approximate surface area is 101 Å². The van der Waals surface area contributed by atoms with Crippen molar-refractivity contribution in [2.24, 2.45) is 0 Å². The van der Waals surface area contributed by atoms with E-state index in [1.54, 1.807) is 12.1 Å². The summed E-state index contributed by atoms with van der Waals surface area (Å²) in [5.74, 6) is 0.226. The van der Waals surface area contributed by atoms with Crippen LogP contribution in [0.5, 0.6) is 11.5 Å². The molecule has 0 atom stereocenters. The van der Waals surface area contributed by atoms with Crippen molar-refractivity contribution in [1.82, 2.24) is 5.32 Å². The van der Waals surface area contributed by atoms with E-state index in [4.69, 9.17) is 9.84 Å². The average molecular weight is 237 g/mol. The number of phenolic OH excluding ortho intramolecular Hbond substituents is 2. The molecule has 1 aliphatic rings. The maximum atomic E-state index is 9.61. The SMILES string of the molecule is CCOC1CC(NCc2ccc(O)cc2O)C1. The number of aromatic hydroxyl groups is 2. The summed E-state index contributed by atoms with van der Waals surface area (Å²) in [6.07, 6.45) is 2.46. The van der Waals surface area contributed by atoms with Gasteiger partial charge in [-0.1, -0.05) is 6.07 Å². The van der Waals surface area contributed by atoms with Gasteiger partial charge in [0.1, 0.15) is 11.5 Å². The van der Waals surface area contributed by atoms with Gasteiger partial charge in [0.2, 0.25) is 0 Å². The van der Waals surface area contributed by atoms with E-state index in [1.807, 2.05) is 6.92 Å². The van der Waals surface area contributed by atoms with Gasteiger partial charge in [-0.3, -0.25) is 0 Å². The van der Waals surface area contributed by atoms with Crippen LogP contribution >= 0.6 is 0 Å². The Morgan fingerprint density at radius 3 is 2.76 bits per heavy atom. The number of benzene rings is 1. The van der Waals surface area contributed by atoms with Crippen LogP contribution in [-0.4, -0.2) is 29.0 Å². The second-order valence-electron chi connectivity index (χ2n) is 4.44. The summed E-state index contributed by atoms with van der Waals surface area (Å²) in [7, 11) is 0. The molecule has 3 N–H and O–H groups in total. The Bertz CT molecular complexity index is 375. The highest BCUT2D eigenvalue weighted by molar-refractivity contribution is 5.38. The van der Waals surface area contributed by atoms with Crippen LogP contribution in [0.15, 0.2) is 18.2 Å². The summed E-state index contributed by atoms with van der Waals surface area (Å²) in [6.45, 7) is 3.40. The first-order valence-corrected chi connectivity index (χ1v) is 6.05. The van der Waals surface area contributed by atoms with E-state index in [2.05, 4.69) is 5.32 Å². The van der Waals surface area contributed by atoms with Crippen LogP contribution in [0.25, 0.3) is 0 Å². The zero-order chi connectivity index (χ0) is 12.3. The van der Waals surface area contributed by atoms with Crippen molar-refractivity contribution in [2.75, 3.05) is 6.61 Å². The van der Waals surface area contributed by atoms with Crippen LogP contribution in [0.1, 0.15) is 25.3 Å². The molecule has 0 heterocycles. The zero-order valence-electron chi connectivity index (χ0n) is 10.0. The molecule has 1 aliphatic carbocycles. The van der Waals surface area contributed by atoms with Crippen LogP contribution in [0.2, 0.25) is 0 Å². The number of hydrogen-bond acceptors (Lipinski definition) is 4. The van der Waals surface area contributed by atoms with Gasteiger partial charge in [-0.15, -0.1) is 0 Å². The maximum absolute atomic E-state index is 9.61. The monoisotopic (exact) mass is 237 g/mol. The van der Waals surface area contributed by atoms with Crippen molar-refractivity contribution in [3.8, 4) is 11.5 Å². The van der Waals surface area contributed by atoms with Gasteiger partial charge in [0.25, 0.3) is 0 Å². The van der Waals surface area contributed by atoms with Gasteiger partial charge in [0.05, 0.1) is 6.10 Å².